The van der Waals surface area contributed by atoms with Crippen LogP contribution in [-0.2, 0) is 13.0 Å². The van der Waals surface area contributed by atoms with Crippen LogP contribution in [0.3, 0.4) is 0 Å². The molecule has 2 aromatic carbocycles. The first-order valence-corrected chi connectivity index (χ1v) is 9.49. The van der Waals surface area contributed by atoms with Crippen LogP contribution in [0.4, 0.5) is 0 Å². The van der Waals surface area contributed by atoms with Crippen molar-refractivity contribution < 1.29 is 9.21 Å². The Morgan fingerprint density at radius 2 is 1.88 bits per heavy atom. The Morgan fingerprint density at radius 3 is 2.65 bits per heavy atom. The molecule has 0 spiro atoms. The summed E-state index contributed by atoms with van der Waals surface area (Å²) in [4.78, 5) is 16.4. The van der Waals surface area contributed by atoms with E-state index in [-0.39, 0.29) is 5.91 Å². The predicted molar refractivity (Wildman–Crippen MR) is 105 cm³/mol. The van der Waals surface area contributed by atoms with Gasteiger partial charge in [-0.1, -0.05) is 36.4 Å². The molecule has 2 aromatic heterocycles. The van der Waals surface area contributed by atoms with Crippen molar-refractivity contribution in [2.45, 2.75) is 13.0 Å². The summed E-state index contributed by atoms with van der Waals surface area (Å²) in [5, 5.41) is 4.30. The van der Waals surface area contributed by atoms with Gasteiger partial charge in [0.05, 0.1) is 12.5 Å². The van der Waals surface area contributed by atoms with Crippen molar-refractivity contribution in [1.29, 1.82) is 0 Å². The third-order valence-corrected chi connectivity index (χ3v) is 5.38. The van der Waals surface area contributed by atoms with Crippen LogP contribution in [-0.4, -0.2) is 17.4 Å². The second kappa shape index (κ2) is 7.58. The van der Waals surface area contributed by atoms with E-state index in [1.807, 2.05) is 53.4 Å². The fraction of sp³-hybridized carbons (Fsp3) is 0.136. The van der Waals surface area contributed by atoms with Crippen molar-refractivity contribution in [3.63, 3.8) is 0 Å². The highest BCUT2D eigenvalue weighted by molar-refractivity contribution is 7.09. The number of thiophene rings is 1. The molecule has 0 atom stereocenters. The van der Waals surface area contributed by atoms with Crippen LogP contribution < -0.4 is 0 Å². The van der Waals surface area contributed by atoms with E-state index < -0.39 is 0 Å². The Kier molecular flexibility index (Phi) is 4.84. The summed E-state index contributed by atoms with van der Waals surface area (Å²) in [5.41, 5.74) is 1.73. The average molecular weight is 361 g/mol. The number of carbonyl (C=O) groups excluding carboxylic acids is 1. The second-order valence-electron chi connectivity index (χ2n) is 6.25. The molecule has 0 saturated carbocycles. The number of fused-ring (bicyclic) bond motifs is 1. The number of furan rings is 1. The standard InChI is InChI=1S/C22H19NO2S/c24-22(20-8-7-18-4-1-2-5-19(18)14-20)23(15-17-10-12-25-16-17)11-9-21-6-3-13-26-21/h1-8,10,12-14,16H,9,11,15H2. The van der Waals surface area contributed by atoms with Gasteiger partial charge in [-0.2, -0.15) is 0 Å². The van der Waals surface area contributed by atoms with E-state index in [2.05, 4.69) is 17.5 Å². The van der Waals surface area contributed by atoms with E-state index >= 15 is 0 Å². The summed E-state index contributed by atoms with van der Waals surface area (Å²) >= 11 is 1.73. The zero-order chi connectivity index (χ0) is 17.8. The van der Waals surface area contributed by atoms with Gasteiger partial charge in [0.1, 0.15) is 0 Å². The van der Waals surface area contributed by atoms with E-state index in [0.717, 1.165) is 28.3 Å². The Morgan fingerprint density at radius 1 is 1.00 bits per heavy atom. The highest BCUT2D eigenvalue weighted by Gasteiger charge is 2.17. The maximum absolute atomic E-state index is 13.2. The lowest BCUT2D eigenvalue weighted by Gasteiger charge is -2.22. The summed E-state index contributed by atoms with van der Waals surface area (Å²) in [6, 6.07) is 20.1. The maximum atomic E-state index is 13.2. The first kappa shape index (κ1) is 16.6. The van der Waals surface area contributed by atoms with Gasteiger partial charge >= 0.3 is 0 Å². The minimum Gasteiger partial charge on any atom is -0.472 e. The van der Waals surface area contributed by atoms with Crippen LogP contribution in [0.25, 0.3) is 10.8 Å². The van der Waals surface area contributed by atoms with Crippen LogP contribution in [0.1, 0.15) is 20.8 Å². The Labute approximate surface area is 156 Å². The molecule has 0 unspecified atom stereocenters. The van der Waals surface area contributed by atoms with Gasteiger partial charge < -0.3 is 9.32 Å². The SMILES string of the molecule is O=C(c1ccc2ccccc2c1)N(CCc1cccs1)Cc1ccoc1. The summed E-state index contributed by atoms with van der Waals surface area (Å²) in [6.07, 6.45) is 4.20. The van der Waals surface area contributed by atoms with Crippen molar-refractivity contribution in [2.24, 2.45) is 0 Å². The van der Waals surface area contributed by atoms with Crippen LogP contribution in [0, 0.1) is 0 Å². The Hall–Kier alpha value is -2.85. The molecule has 0 fully saturated rings. The number of rotatable bonds is 6. The van der Waals surface area contributed by atoms with Gasteiger partial charge in [0, 0.05) is 29.1 Å². The van der Waals surface area contributed by atoms with Crippen molar-refractivity contribution in [3.8, 4) is 0 Å². The van der Waals surface area contributed by atoms with Crippen LogP contribution in [0.2, 0.25) is 0 Å². The topological polar surface area (TPSA) is 33.5 Å². The second-order valence-corrected chi connectivity index (χ2v) is 7.28. The number of hydrogen-bond donors (Lipinski definition) is 0. The zero-order valence-corrected chi connectivity index (χ0v) is 15.1. The molecular weight excluding hydrogens is 342 g/mol. The molecule has 3 nitrogen and oxygen atoms in total. The molecule has 0 radical (unpaired) electrons. The van der Waals surface area contributed by atoms with E-state index in [9.17, 15) is 4.79 Å². The van der Waals surface area contributed by atoms with Crippen LogP contribution >= 0.6 is 11.3 Å². The molecule has 26 heavy (non-hydrogen) atoms. The minimum atomic E-state index is 0.0495. The molecule has 0 aliphatic rings. The van der Waals surface area contributed by atoms with E-state index in [1.165, 1.54) is 4.88 Å². The third kappa shape index (κ3) is 3.70. The van der Waals surface area contributed by atoms with Gasteiger partial charge in [0.15, 0.2) is 0 Å². The molecule has 130 valence electrons. The molecule has 2 heterocycles. The molecule has 0 aliphatic carbocycles. The molecule has 0 bridgehead atoms. The smallest absolute Gasteiger partial charge is 0.254 e. The average Bonchev–Trinajstić information content (AvgIpc) is 3.38. The lowest BCUT2D eigenvalue weighted by Crippen LogP contribution is -2.32. The monoisotopic (exact) mass is 361 g/mol. The minimum absolute atomic E-state index is 0.0495. The van der Waals surface area contributed by atoms with Crippen LogP contribution in [0.15, 0.2) is 83.0 Å². The van der Waals surface area contributed by atoms with Crippen LogP contribution in [0.5, 0.6) is 0 Å². The lowest BCUT2D eigenvalue weighted by atomic mass is 10.1. The molecule has 4 rings (SSSR count). The van der Waals surface area contributed by atoms with Crippen molar-refractivity contribution in [2.75, 3.05) is 6.54 Å². The largest absolute Gasteiger partial charge is 0.472 e. The summed E-state index contributed by atoms with van der Waals surface area (Å²) in [5.74, 6) is 0.0495. The molecule has 1 amide bonds. The number of amides is 1. The van der Waals surface area contributed by atoms with E-state index in [1.54, 1.807) is 23.9 Å². The first-order chi connectivity index (χ1) is 12.8. The number of hydrogen-bond acceptors (Lipinski definition) is 3. The number of carbonyl (C=O) groups is 1. The molecule has 4 aromatic rings. The molecule has 0 saturated heterocycles. The van der Waals surface area contributed by atoms with Crippen molar-refractivity contribution in [3.05, 3.63) is 94.6 Å². The predicted octanol–water partition coefficient (Wildman–Crippen LogP) is 5.38. The van der Waals surface area contributed by atoms with Gasteiger partial charge in [0.25, 0.3) is 5.91 Å². The fourth-order valence-corrected chi connectivity index (χ4v) is 3.76. The van der Waals surface area contributed by atoms with Crippen molar-refractivity contribution in [1.82, 2.24) is 4.90 Å². The Balaban J connectivity index is 1.58. The molecule has 0 N–H and O–H groups in total. The van der Waals surface area contributed by atoms with Gasteiger partial charge in [0.2, 0.25) is 0 Å². The first-order valence-electron chi connectivity index (χ1n) is 8.61. The molecule has 0 aliphatic heterocycles. The normalized spacial score (nSPS) is 10.9. The summed E-state index contributed by atoms with van der Waals surface area (Å²) < 4.78 is 5.17. The Bertz CT molecular complexity index is 990. The quantitative estimate of drug-likeness (QED) is 0.462. The maximum Gasteiger partial charge on any atom is 0.254 e. The van der Waals surface area contributed by atoms with Gasteiger partial charge in [-0.05, 0) is 46.8 Å². The van der Waals surface area contributed by atoms with Gasteiger partial charge in [-0.25, -0.2) is 0 Å². The number of nitrogens with zero attached hydrogens (tertiary/aromatic N) is 1. The molecular formula is C22H19NO2S. The zero-order valence-electron chi connectivity index (χ0n) is 14.3. The summed E-state index contributed by atoms with van der Waals surface area (Å²) in [6.45, 7) is 1.23. The fourth-order valence-electron chi connectivity index (χ4n) is 3.06. The summed E-state index contributed by atoms with van der Waals surface area (Å²) in [7, 11) is 0. The van der Waals surface area contributed by atoms with Gasteiger partial charge in [-0.15, -0.1) is 11.3 Å². The van der Waals surface area contributed by atoms with Crippen molar-refractivity contribution >= 4 is 28.0 Å². The molecule has 4 heteroatoms. The highest BCUT2D eigenvalue weighted by Crippen LogP contribution is 2.19. The highest BCUT2D eigenvalue weighted by atomic mass is 32.1. The van der Waals surface area contributed by atoms with Gasteiger partial charge in [-0.3, -0.25) is 4.79 Å². The van der Waals surface area contributed by atoms with E-state index in [4.69, 9.17) is 4.42 Å². The third-order valence-electron chi connectivity index (χ3n) is 4.45. The van der Waals surface area contributed by atoms with E-state index in [0.29, 0.717) is 13.1 Å². The lowest BCUT2D eigenvalue weighted by molar-refractivity contribution is 0.0745. The number of benzene rings is 2.